The highest BCUT2D eigenvalue weighted by Crippen LogP contribution is 2.47. The fourth-order valence-electron chi connectivity index (χ4n) is 4.99. The Hall–Kier alpha value is -3.55. The van der Waals surface area contributed by atoms with E-state index < -0.39 is 0 Å². The number of aryl methyl sites for hydroxylation is 1. The van der Waals surface area contributed by atoms with Crippen LogP contribution in [0.1, 0.15) is 34.7 Å². The Bertz CT molecular complexity index is 1410. The molecule has 2 unspecified atom stereocenters. The zero-order valence-electron chi connectivity index (χ0n) is 20.5. The van der Waals surface area contributed by atoms with Gasteiger partial charge in [0.25, 0.3) is 0 Å². The number of anilines is 1. The van der Waals surface area contributed by atoms with Crippen LogP contribution in [0.2, 0.25) is 5.02 Å². The predicted octanol–water partition coefficient (Wildman–Crippen LogP) is 6.34. The SMILES string of the molecule is COc1ccc(OC)c(N2C(=S)NC(c3ccccn3)C2c2cc(C)n(-c3ccc(Cl)cc3)c2C)c1. The summed E-state index contributed by atoms with van der Waals surface area (Å²) in [6.07, 6.45) is 1.81. The molecule has 2 aromatic carbocycles. The molecule has 36 heavy (non-hydrogen) atoms. The summed E-state index contributed by atoms with van der Waals surface area (Å²) in [6, 6.07) is 21.4. The smallest absolute Gasteiger partial charge is 0.174 e. The zero-order chi connectivity index (χ0) is 25.4. The fourth-order valence-corrected chi connectivity index (χ4v) is 5.45. The Morgan fingerprint density at radius 1 is 0.972 bits per heavy atom. The minimum atomic E-state index is -0.180. The highest BCUT2D eigenvalue weighted by molar-refractivity contribution is 7.80. The Morgan fingerprint density at radius 2 is 1.75 bits per heavy atom. The van der Waals surface area contributed by atoms with E-state index in [4.69, 9.17) is 33.3 Å². The minimum Gasteiger partial charge on any atom is -0.497 e. The number of nitrogens with one attached hydrogen (secondary N) is 1. The standard InChI is InChI=1S/C28H27ClN4O2S/c1-17-15-22(18(2)32(17)20-10-8-19(29)9-11-20)27-26(23-7-5-6-14-30-23)31-28(36)33(27)24-16-21(34-3)12-13-25(24)35-4/h5-16,26-27H,1-4H3,(H,31,36). The van der Waals surface area contributed by atoms with Gasteiger partial charge in [0, 0.05) is 34.4 Å². The van der Waals surface area contributed by atoms with Gasteiger partial charge in [-0.05, 0) is 86.2 Å². The van der Waals surface area contributed by atoms with Crippen molar-refractivity contribution in [2.75, 3.05) is 19.1 Å². The summed E-state index contributed by atoms with van der Waals surface area (Å²) in [5.41, 5.74) is 6.14. The summed E-state index contributed by atoms with van der Waals surface area (Å²) in [5.74, 6) is 1.43. The molecule has 4 aromatic rings. The van der Waals surface area contributed by atoms with Crippen LogP contribution in [0.25, 0.3) is 5.69 Å². The number of pyridine rings is 1. The monoisotopic (exact) mass is 518 g/mol. The number of benzene rings is 2. The summed E-state index contributed by atoms with van der Waals surface area (Å²) < 4.78 is 13.5. The molecule has 0 aliphatic carbocycles. The van der Waals surface area contributed by atoms with Crippen molar-refractivity contribution in [3.63, 3.8) is 0 Å². The van der Waals surface area contributed by atoms with Gasteiger partial charge >= 0.3 is 0 Å². The quantitative estimate of drug-likeness (QED) is 0.301. The van der Waals surface area contributed by atoms with E-state index in [-0.39, 0.29) is 12.1 Å². The van der Waals surface area contributed by atoms with Crippen LogP contribution in [-0.2, 0) is 0 Å². The average Bonchev–Trinajstić information content (AvgIpc) is 3.39. The zero-order valence-corrected chi connectivity index (χ0v) is 22.1. The lowest BCUT2D eigenvalue weighted by atomic mass is 9.96. The molecule has 1 aliphatic rings. The van der Waals surface area contributed by atoms with Crippen molar-refractivity contribution in [1.82, 2.24) is 14.9 Å². The normalized spacial score (nSPS) is 17.2. The predicted molar refractivity (Wildman–Crippen MR) is 148 cm³/mol. The van der Waals surface area contributed by atoms with Crippen molar-refractivity contribution >= 4 is 34.6 Å². The molecule has 6 nitrogen and oxygen atoms in total. The molecule has 1 aliphatic heterocycles. The van der Waals surface area contributed by atoms with E-state index in [1.54, 1.807) is 14.2 Å². The van der Waals surface area contributed by atoms with Gasteiger partial charge in [-0.1, -0.05) is 17.7 Å². The van der Waals surface area contributed by atoms with Gasteiger partial charge in [0.1, 0.15) is 11.5 Å². The van der Waals surface area contributed by atoms with E-state index in [0.29, 0.717) is 15.9 Å². The maximum absolute atomic E-state index is 6.16. The van der Waals surface area contributed by atoms with Gasteiger partial charge in [0.2, 0.25) is 0 Å². The third-order valence-electron chi connectivity index (χ3n) is 6.62. The van der Waals surface area contributed by atoms with Crippen molar-refractivity contribution in [3.05, 3.63) is 101 Å². The first-order chi connectivity index (χ1) is 17.4. The van der Waals surface area contributed by atoms with Gasteiger partial charge in [-0.2, -0.15) is 0 Å². The van der Waals surface area contributed by atoms with Crippen molar-refractivity contribution in [2.45, 2.75) is 25.9 Å². The van der Waals surface area contributed by atoms with Crippen LogP contribution >= 0.6 is 23.8 Å². The molecule has 1 N–H and O–H groups in total. The molecule has 184 valence electrons. The van der Waals surface area contributed by atoms with E-state index in [0.717, 1.165) is 39.8 Å². The van der Waals surface area contributed by atoms with E-state index in [1.165, 1.54) is 0 Å². The minimum absolute atomic E-state index is 0.172. The number of ether oxygens (including phenoxy) is 2. The van der Waals surface area contributed by atoms with Crippen LogP contribution in [0, 0.1) is 13.8 Å². The summed E-state index contributed by atoms with van der Waals surface area (Å²) >= 11 is 12.1. The second-order valence-electron chi connectivity index (χ2n) is 8.67. The molecular weight excluding hydrogens is 492 g/mol. The van der Waals surface area contributed by atoms with Gasteiger partial charge in [-0.25, -0.2) is 0 Å². The highest BCUT2D eigenvalue weighted by Gasteiger charge is 2.43. The highest BCUT2D eigenvalue weighted by atomic mass is 35.5. The molecule has 2 atom stereocenters. The van der Waals surface area contributed by atoms with Gasteiger partial charge in [-0.3, -0.25) is 4.98 Å². The summed E-state index contributed by atoms with van der Waals surface area (Å²) in [6.45, 7) is 4.24. The number of thiocarbonyl (C=S) groups is 1. The molecule has 8 heteroatoms. The van der Waals surface area contributed by atoms with Crippen LogP contribution < -0.4 is 19.7 Å². The maximum atomic E-state index is 6.16. The lowest BCUT2D eigenvalue weighted by Crippen LogP contribution is -2.30. The van der Waals surface area contributed by atoms with Crippen LogP contribution in [-0.4, -0.2) is 28.9 Å². The molecule has 1 saturated heterocycles. The second kappa shape index (κ2) is 9.84. The fraction of sp³-hybridized carbons (Fsp3) is 0.214. The van der Waals surface area contributed by atoms with Crippen molar-refractivity contribution in [2.24, 2.45) is 0 Å². The van der Waals surface area contributed by atoms with E-state index in [9.17, 15) is 0 Å². The van der Waals surface area contributed by atoms with Crippen LogP contribution in [0.5, 0.6) is 11.5 Å². The van der Waals surface area contributed by atoms with Crippen molar-refractivity contribution in [1.29, 1.82) is 0 Å². The molecule has 0 spiro atoms. The summed E-state index contributed by atoms with van der Waals surface area (Å²) in [4.78, 5) is 6.79. The Labute approximate surface area is 221 Å². The largest absolute Gasteiger partial charge is 0.497 e. The topological polar surface area (TPSA) is 51.6 Å². The first kappa shape index (κ1) is 24.2. The maximum Gasteiger partial charge on any atom is 0.174 e. The second-order valence-corrected chi connectivity index (χ2v) is 9.50. The molecule has 0 radical (unpaired) electrons. The summed E-state index contributed by atoms with van der Waals surface area (Å²) in [5, 5.41) is 4.83. The molecule has 1 fully saturated rings. The molecule has 2 aromatic heterocycles. The van der Waals surface area contributed by atoms with E-state index in [1.807, 2.05) is 66.9 Å². The van der Waals surface area contributed by atoms with Gasteiger partial charge in [0.15, 0.2) is 5.11 Å². The average molecular weight is 519 g/mol. The first-order valence-electron chi connectivity index (χ1n) is 11.6. The number of hydrogen-bond donors (Lipinski definition) is 1. The molecule has 3 heterocycles. The number of methoxy groups -OCH3 is 2. The molecular formula is C28H27ClN4O2S. The van der Waals surface area contributed by atoms with E-state index >= 15 is 0 Å². The lowest BCUT2D eigenvalue weighted by molar-refractivity contribution is 0.403. The van der Waals surface area contributed by atoms with Crippen molar-refractivity contribution < 1.29 is 9.47 Å². The van der Waals surface area contributed by atoms with Crippen LogP contribution in [0.15, 0.2) is 72.9 Å². The Balaban J connectivity index is 1.71. The molecule has 5 rings (SSSR count). The third-order valence-corrected chi connectivity index (χ3v) is 7.18. The number of rotatable bonds is 6. The van der Waals surface area contributed by atoms with Crippen LogP contribution in [0.3, 0.4) is 0 Å². The van der Waals surface area contributed by atoms with Crippen molar-refractivity contribution in [3.8, 4) is 17.2 Å². The number of aromatic nitrogens is 2. The summed E-state index contributed by atoms with van der Waals surface area (Å²) in [7, 11) is 3.32. The number of nitrogens with zero attached hydrogens (tertiary/aromatic N) is 3. The lowest BCUT2D eigenvalue weighted by Gasteiger charge is -2.29. The van der Waals surface area contributed by atoms with Gasteiger partial charge in [0.05, 0.1) is 37.7 Å². The Kier molecular flexibility index (Phi) is 6.60. The van der Waals surface area contributed by atoms with Gasteiger partial charge < -0.3 is 24.3 Å². The molecule has 0 bridgehead atoms. The first-order valence-corrected chi connectivity index (χ1v) is 12.4. The molecule has 0 saturated carbocycles. The Morgan fingerprint density at radius 3 is 2.42 bits per heavy atom. The third kappa shape index (κ3) is 4.18. The molecule has 0 amide bonds. The number of halogens is 1. The van der Waals surface area contributed by atoms with Crippen LogP contribution in [0.4, 0.5) is 5.69 Å². The number of hydrogen-bond acceptors (Lipinski definition) is 4. The van der Waals surface area contributed by atoms with Gasteiger partial charge in [-0.15, -0.1) is 0 Å². The van der Waals surface area contributed by atoms with E-state index in [2.05, 4.69) is 39.7 Å².